The van der Waals surface area contributed by atoms with Crippen LogP contribution in [0.15, 0.2) is 45.0 Å². The fraction of sp³-hybridized carbons (Fsp3) is 0.0909. The van der Waals surface area contributed by atoms with E-state index >= 15 is 0 Å². The van der Waals surface area contributed by atoms with Gasteiger partial charge in [-0.15, -0.1) is 0 Å². The molecular formula is C11H9NO4S. The first-order valence-electron chi connectivity index (χ1n) is 4.70. The average molecular weight is 251 g/mol. The summed E-state index contributed by atoms with van der Waals surface area (Å²) in [5, 5.41) is 9.89. The Bertz CT molecular complexity index is 521. The van der Waals surface area contributed by atoms with Crippen molar-refractivity contribution in [1.29, 1.82) is 0 Å². The van der Waals surface area contributed by atoms with Gasteiger partial charge in [-0.25, -0.2) is 9.78 Å². The molecule has 0 aliphatic heterocycles. The highest BCUT2D eigenvalue weighted by atomic mass is 32.2. The minimum absolute atomic E-state index is 0.0824. The lowest BCUT2D eigenvalue weighted by molar-refractivity contribution is 0.0656. The summed E-state index contributed by atoms with van der Waals surface area (Å²) in [6, 6.07) is 6.55. The van der Waals surface area contributed by atoms with Crippen LogP contribution in [0.25, 0.3) is 0 Å². The highest BCUT2D eigenvalue weighted by Gasteiger charge is 2.10. The number of hydrogen-bond donors (Lipinski definition) is 1. The first-order valence-corrected chi connectivity index (χ1v) is 5.51. The Morgan fingerprint density at radius 1 is 1.41 bits per heavy atom. The first-order chi connectivity index (χ1) is 8.19. The topological polar surface area (TPSA) is 72.6 Å². The van der Waals surface area contributed by atoms with Crippen LogP contribution < -0.4 is 4.74 Å². The van der Waals surface area contributed by atoms with Crippen LogP contribution in [0.4, 0.5) is 0 Å². The summed E-state index contributed by atoms with van der Waals surface area (Å²) in [6.45, 7) is 0. The van der Waals surface area contributed by atoms with Gasteiger partial charge in [0.25, 0.3) is 0 Å². The van der Waals surface area contributed by atoms with E-state index in [2.05, 4.69) is 4.98 Å². The number of pyridine rings is 1. The number of hydrogen-bond acceptors (Lipinski definition) is 5. The van der Waals surface area contributed by atoms with E-state index in [9.17, 15) is 4.79 Å². The summed E-state index contributed by atoms with van der Waals surface area (Å²) in [6.07, 6.45) is 1.59. The minimum atomic E-state index is -1.08. The van der Waals surface area contributed by atoms with Gasteiger partial charge in [-0.3, -0.25) is 0 Å². The van der Waals surface area contributed by atoms with E-state index in [0.29, 0.717) is 15.9 Å². The van der Waals surface area contributed by atoms with Gasteiger partial charge in [0.15, 0.2) is 5.09 Å². The van der Waals surface area contributed by atoms with E-state index in [1.807, 2.05) is 0 Å². The first kappa shape index (κ1) is 11.5. The number of carboxylic acids is 1. The molecule has 2 heterocycles. The van der Waals surface area contributed by atoms with Crippen molar-refractivity contribution in [1.82, 2.24) is 4.98 Å². The molecule has 0 aromatic carbocycles. The fourth-order valence-electron chi connectivity index (χ4n) is 1.14. The molecule has 2 aromatic heterocycles. The molecule has 0 spiro atoms. The quantitative estimate of drug-likeness (QED) is 0.900. The zero-order valence-electron chi connectivity index (χ0n) is 8.91. The van der Waals surface area contributed by atoms with Crippen LogP contribution in [0.5, 0.6) is 5.75 Å². The summed E-state index contributed by atoms with van der Waals surface area (Å²) in [4.78, 5) is 14.7. The van der Waals surface area contributed by atoms with Gasteiger partial charge in [-0.05, 0) is 36.0 Å². The molecule has 2 aromatic rings. The number of nitrogens with zero attached hydrogens (tertiary/aromatic N) is 1. The van der Waals surface area contributed by atoms with Crippen LogP contribution in [0.1, 0.15) is 10.6 Å². The number of furan rings is 1. The van der Waals surface area contributed by atoms with Crippen LogP contribution in [0.3, 0.4) is 0 Å². The molecule has 0 saturated carbocycles. The van der Waals surface area contributed by atoms with E-state index in [4.69, 9.17) is 14.3 Å². The van der Waals surface area contributed by atoms with Crippen molar-refractivity contribution in [2.75, 3.05) is 7.11 Å². The SMILES string of the molecule is COc1ccc(Sc2ccc(C(=O)O)o2)nc1. The second kappa shape index (κ2) is 4.92. The lowest BCUT2D eigenvalue weighted by Gasteiger charge is -1.99. The predicted octanol–water partition coefficient (Wildman–Crippen LogP) is 2.53. The average Bonchev–Trinajstić information content (AvgIpc) is 2.79. The van der Waals surface area contributed by atoms with Crippen molar-refractivity contribution >= 4 is 17.7 Å². The van der Waals surface area contributed by atoms with Crippen molar-refractivity contribution in [3.8, 4) is 5.75 Å². The lowest BCUT2D eigenvalue weighted by atomic mass is 10.5. The van der Waals surface area contributed by atoms with Gasteiger partial charge in [0, 0.05) is 0 Å². The third-order valence-electron chi connectivity index (χ3n) is 1.94. The summed E-state index contributed by atoms with van der Waals surface area (Å²) < 4.78 is 10.1. The minimum Gasteiger partial charge on any atom is -0.495 e. The molecular weight excluding hydrogens is 242 g/mol. The molecule has 5 nitrogen and oxygen atoms in total. The fourth-order valence-corrected chi connectivity index (χ4v) is 1.86. The van der Waals surface area contributed by atoms with Gasteiger partial charge in [-0.2, -0.15) is 0 Å². The van der Waals surface area contributed by atoms with Crippen molar-refractivity contribution in [3.05, 3.63) is 36.2 Å². The molecule has 0 saturated heterocycles. The van der Waals surface area contributed by atoms with E-state index in [0.717, 1.165) is 0 Å². The number of rotatable bonds is 4. The Morgan fingerprint density at radius 2 is 2.24 bits per heavy atom. The largest absolute Gasteiger partial charge is 0.495 e. The van der Waals surface area contributed by atoms with E-state index in [1.54, 1.807) is 31.5 Å². The molecule has 0 amide bonds. The predicted molar refractivity (Wildman–Crippen MR) is 60.6 cm³/mol. The monoisotopic (exact) mass is 251 g/mol. The van der Waals surface area contributed by atoms with Crippen LogP contribution in [0.2, 0.25) is 0 Å². The molecule has 0 bridgehead atoms. The molecule has 0 unspecified atom stereocenters. The highest BCUT2D eigenvalue weighted by Crippen LogP contribution is 2.28. The Labute approximate surface area is 101 Å². The van der Waals surface area contributed by atoms with Crippen molar-refractivity contribution in [2.24, 2.45) is 0 Å². The maximum absolute atomic E-state index is 10.6. The number of methoxy groups -OCH3 is 1. The normalized spacial score (nSPS) is 10.2. The Morgan fingerprint density at radius 3 is 2.76 bits per heavy atom. The molecule has 1 N–H and O–H groups in total. The van der Waals surface area contributed by atoms with Crippen molar-refractivity contribution in [2.45, 2.75) is 10.1 Å². The van der Waals surface area contributed by atoms with Gasteiger partial charge >= 0.3 is 5.97 Å². The summed E-state index contributed by atoms with van der Waals surface area (Å²) >= 11 is 1.25. The van der Waals surface area contributed by atoms with Crippen LogP contribution in [-0.4, -0.2) is 23.2 Å². The maximum Gasteiger partial charge on any atom is 0.371 e. The molecule has 0 fully saturated rings. The van der Waals surface area contributed by atoms with E-state index in [-0.39, 0.29) is 5.76 Å². The molecule has 0 aliphatic rings. The maximum atomic E-state index is 10.6. The van der Waals surface area contributed by atoms with Gasteiger partial charge < -0.3 is 14.3 Å². The van der Waals surface area contributed by atoms with Gasteiger partial charge in [0.05, 0.1) is 13.3 Å². The Balaban J connectivity index is 2.11. The Hall–Kier alpha value is -1.95. The molecule has 6 heteroatoms. The summed E-state index contributed by atoms with van der Waals surface area (Å²) in [5.74, 6) is -0.499. The van der Waals surface area contributed by atoms with Crippen molar-refractivity contribution in [3.63, 3.8) is 0 Å². The number of aromatic nitrogens is 1. The third-order valence-corrected chi connectivity index (χ3v) is 2.81. The number of ether oxygens (including phenoxy) is 1. The van der Waals surface area contributed by atoms with Gasteiger partial charge in [0.2, 0.25) is 5.76 Å². The third kappa shape index (κ3) is 2.79. The standard InChI is InChI=1S/C11H9NO4S/c1-15-7-2-4-9(12-6-7)17-10-5-3-8(16-10)11(13)14/h2-6H,1H3,(H,13,14). The Kier molecular flexibility index (Phi) is 3.34. The molecule has 0 aliphatic carbocycles. The van der Waals surface area contributed by atoms with Crippen molar-refractivity contribution < 1.29 is 19.1 Å². The van der Waals surface area contributed by atoms with E-state index in [1.165, 1.54) is 17.8 Å². The zero-order chi connectivity index (χ0) is 12.3. The second-order valence-electron chi connectivity index (χ2n) is 3.06. The molecule has 0 radical (unpaired) electrons. The lowest BCUT2D eigenvalue weighted by Crippen LogP contribution is -1.91. The second-order valence-corrected chi connectivity index (χ2v) is 4.09. The molecule has 17 heavy (non-hydrogen) atoms. The zero-order valence-corrected chi connectivity index (χ0v) is 9.73. The number of aromatic carboxylic acids is 1. The van der Waals surface area contributed by atoms with Crippen LogP contribution in [-0.2, 0) is 0 Å². The summed E-state index contributed by atoms with van der Waals surface area (Å²) in [5.41, 5.74) is 0. The molecule has 88 valence electrons. The molecule has 0 atom stereocenters. The van der Waals surface area contributed by atoms with Gasteiger partial charge in [0.1, 0.15) is 10.8 Å². The highest BCUT2D eigenvalue weighted by molar-refractivity contribution is 7.99. The molecule has 2 rings (SSSR count). The number of carbonyl (C=O) groups is 1. The summed E-state index contributed by atoms with van der Waals surface area (Å²) in [7, 11) is 1.56. The smallest absolute Gasteiger partial charge is 0.371 e. The van der Waals surface area contributed by atoms with Crippen LogP contribution in [0, 0.1) is 0 Å². The van der Waals surface area contributed by atoms with E-state index < -0.39 is 5.97 Å². The number of carboxylic acid groups (broad SMARTS) is 1. The van der Waals surface area contributed by atoms with Gasteiger partial charge in [-0.1, -0.05) is 0 Å². The van der Waals surface area contributed by atoms with Crippen LogP contribution >= 0.6 is 11.8 Å².